The molecule has 0 aromatic heterocycles. The fraction of sp³-hybridized carbons (Fsp3) is 0.353. The molecular weight excluding hydrogens is 549 g/mol. The van der Waals surface area contributed by atoms with E-state index in [-0.39, 0.29) is 0 Å². The van der Waals surface area contributed by atoms with Crippen LogP contribution in [0, 0.1) is 6.92 Å². The van der Waals surface area contributed by atoms with Gasteiger partial charge < -0.3 is 16.4 Å². The smallest absolute Gasteiger partial charge is 0.238 e. The molecule has 5 nitrogen and oxygen atoms in total. The van der Waals surface area contributed by atoms with Crippen LogP contribution in [0.3, 0.4) is 0 Å². The van der Waals surface area contributed by atoms with E-state index in [1.165, 1.54) is 30.5 Å². The standard InChI is InChI=1S/C34H42Cl2N5/c1-23-11-7-8-12-30(23)38-17-9-5-6-10-18-39-31-22-34(41(4)33-16-13-26(35)21-28(33)36)32(20-25(31)3)40-27-14-15-29(37)24(2)19-27/h11-13,15-16,19-22,38-39H,4-10,14,17-18,37H2,1-3H3/q+1. The zero-order valence-electron chi connectivity index (χ0n) is 24.5. The third kappa shape index (κ3) is 8.37. The summed E-state index contributed by atoms with van der Waals surface area (Å²) in [4.78, 5) is 5.02. The fourth-order valence-electron chi connectivity index (χ4n) is 5.07. The van der Waals surface area contributed by atoms with Crippen LogP contribution in [0.15, 0.2) is 82.2 Å². The molecule has 0 radical (unpaired) electrons. The van der Waals surface area contributed by atoms with E-state index in [0.29, 0.717) is 16.5 Å². The quantitative estimate of drug-likeness (QED) is 0.131. The highest BCUT2D eigenvalue weighted by Crippen LogP contribution is 2.38. The van der Waals surface area contributed by atoms with Crippen molar-refractivity contribution in [3.8, 4) is 0 Å². The molecule has 0 amide bonds. The van der Waals surface area contributed by atoms with E-state index in [1.54, 1.807) is 6.07 Å². The van der Waals surface area contributed by atoms with Gasteiger partial charge in [-0.2, -0.15) is 4.58 Å². The molecule has 0 fully saturated rings. The Bertz CT molecular complexity index is 1450. The van der Waals surface area contributed by atoms with Gasteiger partial charge in [-0.25, -0.2) is 4.99 Å². The largest absolute Gasteiger partial charge is 0.399 e. The SMILES string of the molecule is C=[N+](c1ccc(Cl)cc1Cl)c1cc(NCCCCCCNC2=CCCC=C2C)c(C)cc1N=C1C=C(C)C(N)=CC1. The van der Waals surface area contributed by atoms with Crippen LogP contribution in [-0.4, -0.2) is 25.5 Å². The Labute approximate surface area is 255 Å². The van der Waals surface area contributed by atoms with Crippen LogP contribution in [0.2, 0.25) is 10.0 Å². The van der Waals surface area contributed by atoms with Crippen molar-refractivity contribution in [3.05, 3.63) is 92.8 Å². The lowest BCUT2D eigenvalue weighted by Gasteiger charge is -2.15. The van der Waals surface area contributed by atoms with Gasteiger partial charge in [0.2, 0.25) is 11.4 Å². The van der Waals surface area contributed by atoms with Gasteiger partial charge in [-0.15, -0.1) is 0 Å². The van der Waals surface area contributed by atoms with Gasteiger partial charge in [0.05, 0.1) is 0 Å². The van der Waals surface area contributed by atoms with Crippen molar-refractivity contribution in [2.75, 3.05) is 18.4 Å². The van der Waals surface area contributed by atoms with Crippen LogP contribution in [0.1, 0.15) is 64.4 Å². The number of hydrogen-bond donors (Lipinski definition) is 3. The van der Waals surface area contributed by atoms with Crippen molar-refractivity contribution in [2.45, 2.75) is 65.7 Å². The van der Waals surface area contributed by atoms with E-state index in [0.717, 1.165) is 77.6 Å². The molecule has 2 aliphatic carbocycles. The summed E-state index contributed by atoms with van der Waals surface area (Å²) in [6, 6.07) is 9.66. The number of rotatable bonds is 12. The lowest BCUT2D eigenvalue weighted by molar-refractivity contribution is 0.626. The fourth-order valence-corrected chi connectivity index (χ4v) is 5.58. The zero-order valence-corrected chi connectivity index (χ0v) is 26.0. The minimum Gasteiger partial charge on any atom is -0.399 e. The van der Waals surface area contributed by atoms with E-state index in [9.17, 15) is 0 Å². The molecule has 0 spiro atoms. The van der Waals surface area contributed by atoms with Gasteiger partial charge in [0.15, 0.2) is 0 Å². The van der Waals surface area contributed by atoms with Gasteiger partial charge in [-0.3, -0.25) is 0 Å². The van der Waals surface area contributed by atoms with Gasteiger partial charge in [0.1, 0.15) is 17.4 Å². The summed E-state index contributed by atoms with van der Waals surface area (Å²) in [5.74, 6) is 0. The Balaban J connectivity index is 1.42. The summed E-state index contributed by atoms with van der Waals surface area (Å²) in [5.41, 5.74) is 16.2. The summed E-state index contributed by atoms with van der Waals surface area (Å²) in [5, 5.41) is 8.36. The van der Waals surface area contributed by atoms with Gasteiger partial charge in [-0.05, 0) is 87.4 Å². The van der Waals surface area contributed by atoms with E-state index < -0.39 is 0 Å². The lowest BCUT2D eigenvalue weighted by atomic mass is 10.0. The highest BCUT2D eigenvalue weighted by molar-refractivity contribution is 6.36. The predicted octanol–water partition coefficient (Wildman–Crippen LogP) is 9.29. The molecule has 0 unspecified atom stereocenters. The van der Waals surface area contributed by atoms with Crippen LogP contribution in [0.25, 0.3) is 0 Å². The molecule has 7 heteroatoms. The third-order valence-corrected chi connectivity index (χ3v) is 8.11. The predicted molar refractivity (Wildman–Crippen MR) is 180 cm³/mol. The normalized spacial score (nSPS) is 16.1. The number of aryl methyl sites for hydroxylation is 1. The van der Waals surface area contributed by atoms with E-state index in [4.69, 9.17) is 33.9 Å². The molecule has 2 aliphatic rings. The van der Waals surface area contributed by atoms with Crippen molar-refractivity contribution in [1.29, 1.82) is 0 Å². The number of hydrogen-bond acceptors (Lipinski definition) is 4. The zero-order chi connectivity index (χ0) is 29.4. The molecule has 4 N–H and O–H groups in total. The van der Waals surface area contributed by atoms with Crippen LogP contribution in [-0.2, 0) is 0 Å². The number of nitrogens with one attached hydrogen (secondary N) is 2. The molecule has 4 rings (SSSR count). The summed E-state index contributed by atoms with van der Waals surface area (Å²) in [6.07, 6.45) is 16.4. The minimum absolute atomic E-state index is 0.533. The second-order valence-electron chi connectivity index (χ2n) is 10.8. The highest BCUT2D eigenvalue weighted by Gasteiger charge is 2.22. The van der Waals surface area contributed by atoms with Crippen LogP contribution < -0.4 is 20.9 Å². The summed E-state index contributed by atoms with van der Waals surface area (Å²) in [6.45, 7) is 12.6. The number of nitrogens with two attached hydrogens (primary N) is 1. The van der Waals surface area contributed by atoms with E-state index in [1.807, 2.05) is 35.8 Å². The first-order chi connectivity index (χ1) is 19.7. The highest BCUT2D eigenvalue weighted by atomic mass is 35.5. The molecule has 0 bridgehead atoms. The minimum atomic E-state index is 0.533. The molecule has 0 heterocycles. The van der Waals surface area contributed by atoms with Crippen LogP contribution >= 0.6 is 23.2 Å². The van der Waals surface area contributed by atoms with Crippen molar-refractivity contribution in [2.24, 2.45) is 10.7 Å². The number of anilines is 1. The molecule has 0 atom stereocenters. The van der Waals surface area contributed by atoms with E-state index >= 15 is 0 Å². The first kappa shape index (κ1) is 30.7. The Morgan fingerprint density at radius 3 is 2.32 bits per heavy atom. The third-order valence-electron chi connectivity index (χ3n) is 7.57. The monoisotopic (exact) mass is 590 g/mol. The first-order valence-corrected chi connectivity index (χ1v) is 15.3. The Morgan fingerprint density at radius 2 is 1.61 bits per heavy atom. The second kappa shape index (κ2) is 14.6. The summed E-state index contributed by atoms with van der Waals surface area (Å²) >= 11 is 12.7. The molecule has 41 heavy (non-hydrogen) atoms. The maximum atomic E-state index is 6.57. The van der Waals surface area contributed by atoms with Gasteiger partial charge in [-0.1, -0.05) is 54.3 Å². The van der Waals surface area contributed by atoms with Crippen molar-refractivity contribution in [3.63, 3.8) is 0 Å². The molecular formula is C34H42Cl2N5+. The van der Waals surface area contributed by atoms with Crippen molar-refractivity contribution in [1.82, 2.24) is 9.89 Å². The average Bonchev–Trinajstić information content (AvgIpc) is 2.94. The number of aliphatic imine (C=N–C) groups is 1. The topological polar surface area (TPSA) is 65.5 Å². The van der Waals surface area contributed by atoms with Gasteiger partial charge in [0, 0.05) is 59.5 Å². The maximum Gasteiger partial charge on any atom is 0.238 e. The van der Waals surface area contributed by atoms with Crippen molar-refractivity contribution >= 4 is 58.4 Å². The summed E-state index contributed by atoms with van der Waals surface area (Å²) in [7, 11) is 0. The van der Waals surface area contributed by atoms with Crippen molar-refractivity contribution < 1.29 is 0 Å². The second-order valence-corrected chi connectivity index (χ2v) is 11.7. The average molecular weight is 592 g/mol. The molecule has 0 saturated heterocycles. The van der Waals surface area contributed by atoms with Gasteiger partial charge in [0.25, 0.3) is 0 Å². The number of allylic oxidation sites excluding steroid dienone is 6. The molecule has 2 aromatic rings. The lowest BCUT2D eigenvalue weighted by Crippen LogP contribution is -2.17. The van der Waals surface area contributed by atoms with Crippen LogP contribution in [0.5, 0.6) is 0 Å². The first-order valence-electron chi connectivity index (χ1n) is 14.5. The van der Waals surface area contributed by atoms with Gasteiger partial charge >= 0.3 is 0 Å². The molecule has 0 aliphatic heterocycles. The number of unbranched alkanes of at least 4 members (excludes halogenated alkanes) is 3. The maximum absolute atomic E-state index is 6.57. The molecule has 216 valence electrons. The Hall–Kier alpha value is -3.28. The number of halogens is 2. The Morgan fingerprint density at radius 1 is 0.878 bits per heavy atom. The van der Waals surface area contributed by atoms with Crippen LogP contribution in [0.4, 0.5) is 22.7 Å². The number of benzene rings is 2. The number of nitrogens with zero attached hydrogens (tertiary/aromatic N) is 2. The Kier molecular flexibility index (Phi) is 10.9. The molecule has 2 aromatic carbocycles. The molecule has 0 saturated carbocycles. The van der Waals surface area contributed by atoms with E-state index in [2.05, 4.69) is 55.5 Å². The summed E-state index contributed by atoms with van der Waals surface area (Å²) < 4.78 is 1.83.